The van der Waals surface area contributed by atoms with Crippen molar-refractivity contribution in [3.05, 3.63) is 52.8 Å². The lowest BCUT2D eigenvalue weighted by Gasteiger charge is -2.03. The number of ketones is 1. The van der Waals surface area contributed by atoms with E-state index in [4.69, 9.17) is 0 Å². The van der Waals surface area contributed by atoms with Gasteiger partial charge in [-0.05, 0) is 30.3 Å². The van der Waals surface area contributed by atoms with Gasteiger partial charge in [0, 0.05) is 28.1 Å². The van der Waals surface area contributed by atoms with Gasteiger partial charge in [-0.25, -0.2) is 0 Å². The number of aromatic nitrogens is 1. The molecule has 0 saturated heterocycles. The Morgan fingerprint density at radius 1 is 1.11 bits per heavy atom. The van der Waals surface area contributed by atoms with Crippen molar-refractivity contribution in [1.82, 2.24) is 4.57 Å². The Kier molecular flexibility index (Phi) is 3.30. The van der Waals surface area contributed by atoms with E-state index in [9.17, 15) is 18.0 Å². The molecule has 18 heavy (non-hydrogen) atoms. The van der Waals surface area contributed by atoms with E-state index in [2.05, 4.69) is 15.9 Å². The SMILES string of the molecule is O=C(c1ccn(-c2ccc(Br)cc2)c1)C(F)(F)F. The van der Waals surface area contributed by atoms with Crippen LogP contribution in [-0.4, -0.2) is 16.5 Å². The molecule has 0 aliphatic heterocycles. The number of hydrogen-bond acceptors (Lipinski definition) is 1. The van der Waals surface area contributed by atoms with Gasteiger partial charge >= 0.3 is 6.18 Å². The average Bonchev–Trinajstić information content (AvgIpc) is 2.77. The fourth-order valence-corrected chi connectivity index (χ4v) is 1.73. The van der Waals surface area contributed by atoms with E-state index in [1.807, 2.05) is 0 Å². The molecule has 2 aromatic rings. The molecule has 1 aromatic carbocycles. The van der Waals surface area contributed by atoms with Gasteiger partial charge in [0.15, 0.2) is 0 Å². The lowest BCUT2D eigenvalue weighted by atomic mass is 10.2. The van der Waals surface area contributed by atoms with Crippen LogP contribution in [0.2, 0.25) is 0 Å². The Morgan fingerprint density at radius 3 is 2.28 bits per heavy atom. The molecule has 0 unspecified atom stereocenters. The van der Waals surface area contributed by atoms with Crippen molar-refractivity contribution in [2.75, 3.05) is 0 Å². The zero-order chi connectivity index (χ0) is 13.3. The minimum Gasteiger partial charge on any atom is -0.323 e. The molecule has 0 N–H and O–H groups in total. The van der Waals surface area contributed by atoms with Gasteiger partial charge < -0.3 is 4.57 Å². The summed E-state index contributed by atoms with van der Waals surface area (Å²) in [4.78, 5) is 11.0. The molecule has 1 aromatic heterocycles. The minimum atomic E-state index is -4.84. The molecule has 0 spiro atoms. The van der Waals surface area contributed by atoms with Crippen molar-refractivity contribution in [1.29, 1.82) is 0 Å². The third kappa shape index (κ3) is 2.64. The first-order chi connectivity index (χ1) is 8.38. The molecule has 0 radical (unpaired) electrons. The number of halogens is 4. The minimum absolute atomic E-state index is 0.370. The standard InChI is InChI=1S/C12H7BrF3NO/c13-9-1-3-10(4-2-9)17-6-5-8(7-17)11(18)12(14,15)16/h1-7H. The Balaban J connectivity index is 2.31. The van der Waals surface area contributed by atoms with E-state index in [0.717, 1.165) is 10.5 Å². The Labute approximate surface area is 109 Å². The Hall–Kier alpha value is -1.56. The monoisotopic (exact) mass is 317 g/mol. The van der Waals surface area contributed by atoms with Gasteiger partial charge in [0.25, 0.3) is 5.78 Å². The highest BCUT2D eigenvalue weighted by molar-refractivity contribution is 9.10. The molecular weight excluding hydrogens is 311 g/mol. The number of hydrogen-bond donors (Lipinski definition) is 0. The molecule has 0 amide bonds. The fourth-order valence-electron chi connectivity index (χ4n) is 1.47. The van der Waals surface area contributed by atoms with Crippen LogP contribution >= 0.6 is 15.9 Å². The van der Waals surface area contributed by atoms with Crippen LogP contribution in [0.3, 0.4) is 0 Å². The van der Waals surface area contributed by atoms with Crippen molar-refractivity contribution in [2.24, 2.45) is 0 Å². The van der Waals surface area contributed by atoms with Gasteiger partial charge in [0.1, 0.15) is 0 Å². The van der Waals surface area contributed by atoms with Gasteiger partial charge in [-0.15, -0.1) is 0 Å². The van der Waals surface area contributed by atoms with Crippen LogP contribution < -0.4 is 0 Å². The number of carbonyl (C=O) groups is 1. The maximum atomic E-state index is 12.2. The molecule has 6 heteroatoms. The van der Waals surface area contributed by atoms with Gasteiger partial charge in [0.05, 0.1) is 0 Å². The summed E-state index contributed by atoms with van der Waals surface area (Å²) in [5.41, 5.74) is 0.310. The average molecular weight is 318 g/mol. The zero-order valence-corrected chi connectivity index (χ0v) is 10.5. The maximum absolute atomic E-state index is 12.2. The highest BCUT2D eigenvalue weighted by Gasteiger charge is 2.39. The largest absolute Gasteiger partial charge is 0.454 e. The summed E-state index contributed by atoms with van der Waals surface area (Å²) in [5.74, 6) is -1.83. The topological polar surface area (TPSA) is 22.0 Å². The highest BCUT2D eigenvalue weighted by atomic mass is 79.9. The van der Waals surface area contributed by atoms with Crippen molar-refractivity contribution in [3.8, 4) is 5.69 Å². The Bertz CT molecular complexity index is 572. The van der Waals surface area contributed by atoms with E-state index >= 15 is 0 Å². The van der Waals surface area contributed by atoms with E-state index < -0.39 is 12.0 Å². The third-order valence-electron chi connectivity index (χ3n) is 2.34. The normalized spacial score (nSPS) is 11.6. The fraction of sp³-hybridized carbons (Fsp3) is 0.0833. The molecule has 0 bridgehead atoms. The first-order valence-electron chi connectivity index (χ1n) is 4.93. The lowest BCUT2D eigenvalue weighted by Crippen LogP contribution is -2.22. The molecule has 0 aliphatic carbocycles. The van der Waals surface area contributed by atoms with E-state index in [1.54, 1.807) is 24.3 Å². The maximum Gasteiger partial charge on any atom is 0.454 e. The van der Waals surface area contributed by atoms with E-state index in [-0.39, 0.29) is 5.56 Å². The summed E-state index contributed by atoms with van der Waals surface area (Å²) in [6.07, 6.45) is -2.26. The van der Waals surface area contributed by atoms with Crippen LogP contribution in [0.15, 0.2) is 47.2 Å². The van der Waals surface area contributed by atoms with Crippen molar-refractivity contribution in [3.63, 3.8) is 0 Å². The summed E-state index contributed by atoms with van der Waals surface area (Å²) in [6.45, 7) is 0. The first kappa shape index (κ1) is 12.9. The van der Waals surface area contributed by atoms with Gasteiger partial charge in [0.2, 0.25) is 0 Å². The first-order valence-corrected chi connectivity index (χ1v) is 5.73. The molecule has 0 atom stereocenters. The summed E-state index contributed by atoms with van der Waals surface area (Å²) in [7, 11) is 0. The molecule has 2 rings (SSSR count). The van der Waals surface area contributed by atoms with Gasteiger partial charge in [-0.2, -0.15) is 13.2 Å². The second-order valence-electron chi connectivity index (χ2n) is 3.61. The smallest absolute Gasteiger partial charge is 0.323 e. The summed E-state index contributed by atoms with van der Waals surface area (Å²) in [6, 6.07) is 8.14. The van der Waals surface area contributed by atoms with Crippen LogP contribution in [-0.2, 0) is 0 Å². The zero-order valence-electron chi connectivity index (χ0n) is 8.91. The number of carbonyl (C=O) groups excluding carboxylic acids is 1. The Morgan fingerprint density at radius 2 is 1.72 bits per heavy atom. The lowest BCUT2D eigenvalue weighted by molar-refractivity contribution is -0.0885. The number of rotatable bonds is 2. The predicted octanol–water partition coefficient (Wildman–Crippen LogP) is 3.98. The molecule has 0 aliphatic rings. The van der Waals surface area contributed by atoms with Crippen LogP contribution in [0.25, 0.3) is 5.69 Å². The third-order valence-corrected chi connectivity index (χ3v) is 2.87. The summed E-state index contributed by atoms with van der Waals surface area (Å²) in [5, 5.41) is 0. The molecular formula is C12H7BrF3NO. The quantitative estimate of drug-likeness (QED) is 0.768. The number of alkyl halides is 3. The molecule has 0 saturated carbocycles. The number of benzene rings is 1. The molecule has 1 heterocycles. The van der Waals surface area contributed by atoms with Gasteiger partial charge in [-0.1, -0.05) is 15.9 Å². The second-order valence-corrected chi connectivity index (χ2v) is 4.53. The van der Waals surface area contributed by atoms with Crippen LogP contribution in [0.4, 0.5) is 13.2 Å². The highest BCUT2D eigenvalue weighted by Crippen LogP contribution is 2.23. The van der Waals surface area contributed by atoms with E-state index in [1.165, 1.54) is 17.0 Å². The molecule has 0 fully saturated rings. The summed E-state index contributed by atoms with van der Waals surface area (Å²) < 4.78 is 39.0. The number of nitrogens with zero attached hydrogens (tertiary/aromatic N) is 1. The van der Waals surface area contributed by atoms with Crippen LogP contribution in [0.1, 0.15) is 10.4 Å². The van der Waals surface area contributed by atoms with Crippen LogP contribution in [0, 0.1) is 0 Å². The van der Waals surface area contributed by atoms with Gasteiger partial charge in [-0.3, -0.25) is 4.79 Å². The van der Waals surface area contributed by atoms with Crippen molar-refractivity contribution in [2.45, 2.75) is 6.18 Å². The number of Topliss-reactive ketones (excluding diaryl/α,β-unsaturated/α-hetero) is 1. The molecule has 94 valence electrons. The van der Waals surface area contributed by atoms with Crippen molar-refractivity contribution >= 4 is 21.7 Å². The van der Waals surface area contributed by atoms with Crippen molar-refractivity contribution < 1.29 is 18.0 Å². The second kappa shape index (κ2) is 4.61. The van der Waals surface area contributed by atoms with E-state index in [0.29, 0.717) is 5.69 Å². The summed E-state index contributed by atoms with van der Waals surface area (Å²) >= 11 is 3.26. The van der Waals surface area contributed by atoms with Crippen LogP contribution in [0.5, 0.6) is 0 Å². The molecule has 2 nitrogen and oxygen atoms in total. The predicted molar refractivity (Wildman–Crippen MR) is 63.9 cm³/mol.